The molecule has 0 unspecified atom stereocenters. The third kappa shape index (κ3) is 3.64. The minimum atomic E-state index is -4.71. The van der Waals surface area contributed by atoms with Crippen molar-refractivity contribution >= 4 is 12.4 Å². The summed E-state index contributed by atoms with van der Waals surface area (Å²) < 4.78 is 35.3. The predicted octanol–water partition coefficient (Wildman–Crippen LogP) is -0.0102. The fourth-order valence-corrected chi connectivity index (χ4v) is 1.23. The summed E-state index contributed by atoms with van der Waals surface area (Å²) in [5.41, 5.74) is 0. The molecule has 5 nitrogen and oxygen atoms in total. The molecule has 1 fully saturated rings. The van der Waals surface area contributed by atoms with E-state index in [4.69, 9.17) is 0 Å². The molecule has 8 heteroatoms. The van der Waals surface area contributed by atoms with Gasteiger partial charge in [-0.3, -0.25) is 4.79 Å². The molecular formula is C7H10F3N3O2. The summed E-state index contributed by atoms with van der Waals surface area (Å²) in [6, 6.07) is -1.17. The quantitative estimate of drug-likeness (QED) is 0.504. The smallest absolute Gasteiger partial charge is 0.342 e. The van der Waals surface area contributed by atoms with E-state index in [1.807, 2.05) is 0 Å². The second-order valence-electron chi connectivity index (χ2n) is 3.06. The van der Waals surface area contributed by atoms with Gasteiger partial charge in [-0.15, -0.1) is 0 Å². The normalized spacial score (nSPS) is 17.5. The van der Waals surface area contributed by atoms with Crippen molar-refractivity contribution in [2.24, 2.45) is 0 Å². The zero-order valence-electron chi connectivity index (χ0n) is 7.75. The molecule has 0 aliphatic carbocycles. The van der Waals surface area contributed by atoms with Gasteiger partial charge in [-0.1, -0.05) is 0 Å². The molecule has 1 rings (SSSR count). The summed E-state index contributed by atoms with van der Waals surface area (Å²) >= 11 is 0. The Morgan fingerprint density at radius 3 is 2.13 bits per heavy atom. The highest BCUT2D eigenvalue weighted by molar-refractivity contribution is 5.74. The van der Waals surface area contributed by atoms with Crippen LogP contribution in [0.15, 0.2) is 0 Å². The van der Waals surface area contributed by atoms with Crippen molar-refractivity contribution in [1.82, 2.24) is 15.1 Å². The lowest BCUT2D eigenvalue weighted by Crippen LogP contribution is -2.53. The average Bonchev–Trinajstić information content (AvgIpc) is 2.15. The second-order valence-corrected chi connectivity index (χ2v) is 3.06. The number of rotatable bonds is 1. The first-order valence-corrected chi connectivity index (χ1v) is 4.25. The monoisotopic (exact) mass is 225 g/mol. The van der Waals surface area contributed by atoms with Gasteiger partial charge in [0.2, 0.25) is 6.41 Å². The molecule has 15 heavy (non-hydrogen) atoms. The van der Waals surface area contributed by atoms with Crippen LogP contribution in [0.3, 0.4) is 0 Å². The molecule has 1 heterocycles. The molecule has 0 radical (unpaired) electrons. The van der Waals surface area contributed by atoms with Crippen LogP contribution >= 0.6 is 0 Å². The number of piperazine rings is 1. The van der Waals surface area contributed by atoms with Crippen molar-refractivity contribution in [1.29, 1.82) is 0 Å². The van der Waals surface area contributed by atoms with Gasteiger partial charge in [-0.2, -0.15) is 13.2 Å². The summed E-state index contributed by atoms with van der Waals surface area (Å²) in [6.45, 7) is 0.741. The molecule has 1 aliphatic rings. The molecular weight excluding hydrogens is 215 g/mol. The first-order chi connectivity index (χ1) is 6.92. The van der Waals surface area contributed by atoms with E-state index >= 15 is 0 Å². The molecule has 0 bridgehead atoms. The van der Waals surface area contributed by atoms with Gasteiger partial charge < -0.3 is 9.80 Å². The van der Waals surface area contributed by atoms with Gasteiger partial charge >= 0.3 is 12.3 Å². The number of carbonyl (C=O) groups excluding carboxylic acids is 2. The van der Waals surface area contributed by atoms with Crippen LogP contribution in [0.5, 0.6) is 0 Å². The molecule has 0 saturated carbocycles. The van der Waals surface area contributed by atoms with Gasteiger partial charge in [0.1, 0.15) is 0 Å². The Morgan fingerprint density at radius 2 is 1.73 bits per heavy atom. The topological polar surface area (TPSA) is 52.7 Å². The van der Waals surface area contributed by atoms with Gasteiger partial charge in [0.25, 0.3) is 0 Å². The van der Waals surface area contributed by atoms with Gasteiger partial charge in [0.15, 0.2) is 0 Å². The Bertz CT molecular complexity index is 248. The van der Waals surface area contributed by atoms with E-state index in [1.165, 1.54) is 4.90 Å². The maximum Gasteiger partial charge on any atom is 0.485 e. The minimum Gasteiger partial charge on any atom is -0.342 e. The first kappa shape index (κ1) is 11.6. The molecule has 0 aromatic carbocycles. The molecule has 1 N–H and O–H groups in total. The Morgan fingerprint density at radius 1 is 1.20 bits per heavy atom. The number of carbonyl (C=O) groups is 2. The molecule has 0 aromatic heterocycles. The highest BCUT2D eigenvalue weighted by Crippen LogP contribution is 2.11. The van der Waals surface area contributed by atoms with Crippen LogP contribution in [0.2, 0.25) is 0 Å². The fraction of sp³-hybridized carbons (Fsp3) is 0.714. The zero-order chi connectivity index (χ0) is 11.5. The van der Waals surface area contributed by atoms with E-state index in [1.54, 1.807) is 0 Å². The van der Waals surface area contributed by atoms with Crippen LogP contribution in [-0.2, 0) is 4.79 Å². The van der Waals surface area contributed by atoms with Crippen LogP contribution in [-0.4, -0.2) is 54.7 Å². The largest absolute Gasteiger partial charge is 0.485 e. The number of hydrogen-bond donors (Lipinski definition) is 1. The van der Waals surface area contributed by atoms with Crippen molar-refractivity contribution in [2.75, 3.05) is 26.2 Å². The lowest BCUT2D eigenvalue weighted by molar-refractivity contribution is -0.148. The molecule has 0 atom stereocenters. The zero-order valence-corrected chi connectivity index (χ0v) is 7.75. The van der Waals surface area contributed by atoms with Crippen LogP contribution in [0.1, 0.15) is 0 Å². The van der Waals surface area contributed by atoms with Gasteiger partial charge in [0, 0.05) is 26.2 Å². The lowest BCUT2D eigenvalue weighted by atomic mass is 10.3. The number of halogens is 3. The number of nitrogens with one attached hydrogen (secondary N) is 1. The van der Waals surface area contributed by atoms with Crippen molar-refractivity contribution in [3.8, 4) is 0 Å². The predicted molar refractivity (Wildman–Crippen MR) is 43.8 cm³/mol. The summed E-state index contributed by atoms with van der Waals surface area (Å²) in [4.78, 5) is 23.7. The standard InChI is InChI=1S/C7H10F3N3O2/c8-7(9,10)11-6(15)13-3-1-12(5-14)2-4-13/h5H,1-4H2,(H,11,15). The van der Waals surface area contributed by atoms with E-state index in [2.05, 4.69) is 0 Å². The summed E-state index contributed by atoms with van der Waals surface area (Å²) in [5.74, 6) is 0. The fourth-order valence-electron chi connectivity index (χ4n) is 1.23. The summed E-state index contributed by atoms with van der Waals surface area (Å²) in [5, 5.41) is 0.902. The highest BCUT2D eigenvalue weighted by Gasteiger charge is 2.33. The van der Waals surface area contributed by atoms with E-state index in [0.717, 1.165) is 10.2 Å². The SMILES string of the molecule is O=CN1CCN(C(=O)NC(F)(F)F)CC1. The molecule has 3 amide bonds. The van der Waals surface area contributed by atoms with E-state index in [0.29, 0.717) is 6.41 Å². The number of amides is 3. The number of alkyl halides is 3. The number of hydrogen-bond acceptors (Lipinski definition) is 2. The van der Waals surface area contributed by atoms with Crippen LogP contribution in [0.25, 0.3) is 0 Å². The third-order valence-corrected chi connectivity index (χ3v) is 2.00. The van der Waals surface area contributed by atoms with E-state index in [-0.39, 0.29) is 26.2 Å². The molecule has 0 aromatic rings. The highest BCUT2D eigenvalue weighted by atomic mass is 19.4. The first-order valence-electron chi connectivity index (χ1n) is 4.25. The Balaban J connectivity index is 2.40. The van der Waals surface area contributed by atoms with Gasteiger partial charge in [-0.25, -0.2) is 10.1 Å². The van der Waals surface area contributed by atoms with Crippen LogP contribution in [0, 0.1) is 0 Å². The second kappa shape index (κ2) is 4.37. The van der Waals surface area contributed by atoms with Crippen molar-refractivity contribution in [3.63, 3.8) is 0 Å². The van der Waals surface area contributed by atoms with Gasteiger partial charge in [-0.05, 0) is 0 Å². The van der Waals surface area contributed by atoms with Gasteiger partial charge in [0.05, 0.1) is 0 Å². The van der Waals surface area contributed by atoms with Crippen molar-refractivity contribution in [2.45, 2.75) is 6.30 Å². The summed E-state index contributed by atoms with van der Waals surface area (Å²) in [7, 11) is 0. The Kier molecular flexibility index (Phi) is 3.38. The number of urea groups is 1. The molecule has 86 valence electrons. The maximum atomic E-state index is 11.8. The third-order valence-electron chi connectivity index (χ3n) is 2.00. The molecule has 1 saturated heterocycles. The summed E-state index contributed by atoms with van der Waals surface area (Å²) in [6.07, 6.45) is -4.10. The Labute approximate surface area is 83.8 Å². The van der Waals surface area contributed by atoms with Crippen molar-refractivity contribution in [3.05, 3.63) is 0 Å². The Hall–Kier alpha value is -1.47. The van der Waals surface area contributed by atoms with Crippen molar-refractivity contribution < 1.29 is 22.8 Å². The number of nitrogens with zero attached hydrogens (tertiary/aromatic N) is 2. The minimum absolute atomic E-state index is 0.112. The average molecular weight is 225 g/mol. The van der Waals surface area contributed by atoms with Crippen LogP contribution < -0.4 is 5.32 Å². The van der Waals surface area contributed by atoms with E-state index in [9.17, 15) is 22.8 Å². The van der Waals surface area contributed by atoms with E-state index < -0.39 is 12.3 Å². The maximum absolute atomic E-state index is 11.8. The van der Waals surface area contributed by atoms with Crippen LogP contribution in [0.4, 0.5) is 18.0 Å². The molecule has 0 spiro atoms. The lowest BCUT2D eigenvalue weighted by Gasteiger charge is -2.32. The molecule has 1 aliphatic heterocycles.